The number of carbonyl (C=O) groups excluding carboxylic acids is 2. The average Bonchev–Trinajstić information content (AvgIpc) is 3.57. The van der Waals surface area contributed by atoms with Crippen molar-refractivity contribution in [2.24, 2.45) is 0 Å². The van der Waals surface area contributed by atoms with Gasteiger partial charge in [0.05, 0.1) is 7.11 Å². The lowest BCUT2D eigenvalue weighted by Crippen LogP contribution is -2.48. The molecule has 0 spiro atoms. The number of amides is 2. The van der Waals surface area contributed by atoms with Gasteiger partial charge in [-0.05, 0) is 49.2 Å². The van der Waals surface area contributed by atoms with Crippen LogP contribution in [0.15, 0.2) is 42.6 Å². The second-order valence-electron chi connectivity index (χ2n) is 7.15. The molecular weight excluding hydrogens is 356 g/mol. The summed E-state index contributed by atoms with van der Waals surface area (Å²) in [6.45, 7) is 2.80. The minimum Gasteiger partial charge on any atom is -0.497 e. The van der Waals surface area contributed by atoms with Gasteiger partial charge in [-0.2, -0.15) is 0 Å². The van der Waals surface area contributed by atoms with Crippen LogP contribution in [0.2, 0.25) is 0 Å². The molecule has 0 bridgehead atoms. The fraction of sp³-hybridized carbons (Fsp3) is 0.381. The van der Waals surface area contributed by atoms with Gasteiger partial charge in [-0.25, -0.2) is 0 Å². The van der Waals surface area contributed by atoms with Crippen molar-refractivity contribution in [1.82, 2.24) is 15.2 Å². The van der Waals surface area contributed by atoms with E-state index in [-0.39, 0.29) is 17.9 Å². The van der Waals surface area contributed by atoms with Gasteiger partial charge < -0.3 is 19.9 Å². The van der Waals surface area contributed by atoms with Crippen molar-refractivity contribution in [2.75, 3.05) is 38.2 Å². The number of methoxy groups -OCH3 is 1. The lowest BCUT2D eigenvalue weighted by Gasteiger charge is -2.36. The summed E-state index contributed by atoms with van der Waals surface area (Å²) in [7, 11) is 1.65. The highest BCUT2D eigenvalue weighted by molar-refractivity contribution is 5.98. The monoisotopic (exact) mass is 380 g/mol. The van der Waals surface area contributed by atoms with E-state index in [9.17, 15) is 9.59 Å². The minimum atomic E-state index is -0.207. The molecule has 2 aliphatic rings. The van der Waals surface area contributed by atoms with Crippen LogP contribution >= 0.6 is 0 Å². The van der Waals surface area contributed by atoms with Crippen LogP contribution in [0.25, 0.3) is 0 Å². The fourth-order valence-electron chi connectivity index (χ4n) is 3.32. The van der Waals surface area contributed by atoms with Crippen LogP contribution in [0, 0.1) is 0 Å². The molecule has 0 atom stereocenters. The summed E-state index contributed by atoms with van der Waals surface area (Å²) in [5, 5.41) is 2.91. The van der Waals surface area contributed by atoms with Crippen molar-refractivity contribution in [2.45, 2.75) is 18.9 Å². The van der Waals surface area contributed by atoms with E-state index >= 15 is 0 Å². The van der Waals surface area contributed by atoms with Crippen LogP contribution in [0.5, 0.6) is 5.75 Å². The number of nitrogens with zero attached hydrogens (tertiary/aromatic N) is 3. The highest BCUT2D eigenvalue weighted by Gasteiger charge is 2.26. The van der Waals surface area contributed by atoms with E-state index in [1.165, 1.54) is 6.20 Å². The maximum Gasteiger partial charge on any atom is 0.270 e. The molecule has 4 rings (SSSR count). The summed E-state index contributed by atoms with van der Waals surface area (Å²) in [5.41, 5.74) is 1.93. The Labute approximate surface area is 164 Å². The number of hydrogen-bond acceptors (Lipinski definition) is 5. The largest absolute Gasteiger partial charge is 0.497 e. The second kappa shape index (κ2) is 7.88. The number of carbonyl (C=O) groups is 2. The van der Waals surface area contributed by atoms with E-state index < -0.39 is 0 Å². The van der Waals surface area contributed by atoms with E-state index in [2.05, 4.69) is 15.2 Å². The number of rotatable bonds is 5. The molecule has 1 saturated carbocycles. The normalized spacial score (nSPS) is 16.6. The number of nitrogens with one attached hydrogen (secondary N) is 1. The van der Waals surface area contributed by atoms with Gasteiger partial charge in [0.2, 0.25) is 0 Å². The molecule has 1 N–H and O–H groups in total. The first-order valence-electron chi connectivity index (χ1n) is 9.59. The fourth-order valence-corrected chi connectivity index (χ4v) is 3.32. The number of anilines is 1. The Morgan fingerprint density at radius 1 is 1.07 bits per heavy atom. The van der Waals surface area contributed by atoms with E-state index in [0.29, 0.717) is 24.3 Å². The molecule has 1 aromatic carbocycles. The Morgan fingerprint density at radius 2 is 1.79 bits per heavy atom. The lowest BCUT2D eigenvalue weighted by molar-refractivity contribution is 0.0746. The molecule has 1 aliphatic heterocycles. The Bertz CT molecular complexity index is 856. The minimum absolute atomic E-state index is 0.0581. The van der Waals surface area contributed by atoms with Crippen molar-refractivity contribution in [3.8, 4) is 5.75 Å². The SMILES string of the molecule is COc1ccc(N2CCN(C(=O)c3ccnc(C(=O)NC4CC4)c3)CC2)cc1. The molecule has 0 unspecified atom stereocenters. The predicted octanol–water partition coefficient (Wildman–Crippen LogP) is 1.94. The lowest BCUT2D eigenvalue weighted by atomic mass is 10.1. The maximum atomic E-state index is 12.9. The Kier molecular flexibility index (Phi) is 5.14. The summed E-state index contributed by atoms with van der Waals surface area (Å²) < 4.78 is 5.20. The van der Waals surface area contributed by atoms with Crippen molar-refractivity contribution >= 4 is 17.5 Å². The molecule has 1 saturated heterocycles. The molecule has 7 heteroatoms. The Balaban J connectivity index is 1.37. The molecule has 2 fully saturated rings. The molecule has 1 aromatic heterocycles. The number of hydrogen-bond donors (Lipinski definition) is 1. The number of aromatic nitrogens is 1. The van der Waals surface area contributed by atoms with E-state index in [0.717, 1.165) is 37.4 Å². The Morgan fingerprint density at radius 3 is 2.43 bits per heavy atom. The zero-order valence-corrected chi connectivity index (χ0v) is 15.9. The molecule has 2 aromatic rings. The van der Waals surface area contributed by atoms with Crippen LogP contribution in [0.4, 0.5) is 5.69 Å². The molecule has 28 heavy (non-hydrogen) atoms. The summed E-state index contributed by atoms with van der Waals surface area (Å²) in [6, 6.07) is 11.5. The number of ether oxygens (including phenoxy) is 1. The second-order valence-corrected chi connectivity index (χ2v) is 7.15. The van der Waals surface area contributed by atoms with Gasteiger partial charge in [-0.15, -0.1) is 0 Å². The van der Waals surface area contributed by atoms with Gasteiger partial charge >= 0.3 is 0 Å². The average molecular weight is 380 g/mol. The quantitative estimate of drug-likeness (QED) is 0.858. The van der Waals surface area contributed by atoms with Crippen LogP contribution in [-0.2, 0) is 0 Å². The molecule has 1 aliphatic carbocycles. The molecule has 7 nitrogen and oxygen atoms in total. The Hall–Kier alpha value is -3.09. The number of pyridine rings is 1. The number of benzene rings is 1. The molecule has 2 heterocycles. The smallest absolute Gasteiger partial charge is 0.270 e. The molecular formula is C21H24N4O3. The van der Waals surface area contributed by atoms with Crippen LogP contribution in [0.3, 0.4) is 0 Å². The summed E-state index contributed by atoms with van der Waals surface area (Å²) in [4.78, 5) is 33.2. The van der Waals surface area contributed by atoms with Crippen molar-refractivity contribution < 1.29 is 14.3 Å². The zero-order valence-electron chi connectivity index (χ0n) is 15.9. The van der Waals surface area contributed by atoms with Gasteiger partial charge in [0.25, 0.3) is 11.8 Å². The molecule has 2 amide bonds. The van der Waals surface area contributed by atoms with Crippen molar-refractivity contribution in [3.05, 3.63) is 53.9 Å². The third-order valence-corrected chi connectivity index (χ3v) is 5.16. The highest BCUT2D eigenvalue weighted by Crippen LogP contribution is 2.21. The van der Waals surface area contributed by atoms with E-state index in [4.69, 9.17) is 4.74 Å². The maximum absolute atomic E-state index is 12.9. The topological polar surface area (TPSA) is 74.8 Å². The first-order valence-corrected chi connectivity index (χ1v) is 9.59. The van der Waals surface area contributed by atoms with Gasteiger partial charge in [-0.3, -0.25) is 14.6 Å². The number of piperazine rings is 1. The summed E-state index contributed by atoms with van der Waals surface area (Å²) in [5.74, 6) is 0.565. The highest BCUT2D eigenvalue weighted by atomic mass is 16.5. The van der Waals surface area contributed by atoms with Crippen LogP contribution in [0.1, 0.15) is 33.7 Å². The zero-order chi connectivity index (χ0) is 19.5. The van der Waals surface area contributed by atoms with Crippen LogP contribution in [-0.4, -0.2) is 61.0 Å². The summed E-state index contributed by atoms with van der Waals surface area (Å²) >= 11 is 0. The molecule has 0 radical (unpaired) electrons. The van der Waals surface area contributed by atoms with Gasteiger partial charge in [0, 0.05) is 49.7 Å². The summed E-state index contributed by atoms with van der Waals surface area (Å²) in [6.07, 6.45) is 3.56. The van der Waals surface area contributed by atoms with Gasteiger partial charge in [0.15, 0.2) is 0 Å². The van der Waals surface area contributed by atoms with Crippen LogP contribution < -0.4 is 15.0 Å². The van der Waals surface area contributed by atoms with Gasteiger partial charge in [-0.1, -0.05) is 0 Å². The third-order valence-electron chi connectivity index (χ3n) is 5.16. The van der Waals surface area contributed by atoms with E-state index in [1.807, 2.05) is 29.2 Å². The van der Waals surface area contributed by atoms with E-state index in [1.54, 1.807) is 19.2 Å². The van der Waals surface area contributed by atoms with Gasteiger partial charge in [0.1, 0.15) is 11.4 Å². The first kappa shape index (κ1) is 18.3. The third kappa shape index (κ3) is 4.08. The predicted molar refractivity (Wildman–Crippen MR) is 106 cm³/mol. The van der Waals surface area contributed by atoms with Crippen molar-refractivity contribution in [1.29, 1.82) is 0 Å². The first-order chi connectivity index (χ1) is 13.6. The van der Waals surface area contributed by atoms with Crippen molar-refractivity contribution in [3.63, 3.8) is 0 Å². The standard InChI is InChI=1S/C21H24N4O3/c1-28-18-6-4-17(5-7-18)24-10-12-25(13-11-24)21(27)15-8-9-22-19(14-15)20(26)23-16-2-3-16/h4-9,14,16H,2-3,10-13H2,1H3,(H,23,26). The molecule has 146 valence electrons.